The molecule has 1 rings (SSSR count). The average Bonchev–Trinajstić information content (AvgIpc) is 2.23. The summed E-state index contributed by atoms with van der Waals surface area (Å²) in [5.41, 5.74) is 5.60. The molecule has 3 heteroatoms. The van der Waals surface area contributed by atoms with Gasteiger partial charge in [0.15, 0.2) is 0 Å². The lowest BCUT2D eigenvalue weighted by Crippen LogP contribution is -2.46. The van der Waals surface area contributed by atoms with Gasteiger partial charge in [0, 0.05) is 6.04 Å². The Kier molecular flexibility index (Phi) is 4.92. The third-order valence-electron chi connectivity index (χ3n) is 3.11. The number of nitrogens with zero attached hydrogens (tertiary/aromatic N) is 2. The molecular weight excluding hydrogens is 174 g/mol. The largest absolute Gasteiger partial charge is 0.330 e. The number of nitrogens with two attached hydrogens (primary N) is 1. The highest BCUT2D eigenvalue weighted by atomic mass is 15.2. The second kappa shape index (κ2) is 6.00. The molecule has 80 valence electrons. The Labute approximate surface area is 86.9 Å². The second-order valence-corrected chi connectivity index (χ2v) is 4.02. The summed E-state index contributed by atoms with van der Waals surface area (Å²) >= 11 is 0. The molecule has 0 bridgehead atoms. The molecule has 0 aliphatic carbocycles. The van der Waals surface area contributed by atoms with E-state index in [1.54, 1.807) is 0 Å². The maximum Gasteiger partial charge on any atom is 0.0977 e. The van der Waals surface area contributed by atoms with Crippen molar-refractivity contribution in [1.82, 2.24) is 4.90 Å². The van der Waals surface area contributed by atoms with E-state index in [1.165, 1.54) is 19.3 Å². The van der Waals surface area contributed by atoms with E-state index < -0.39 is 0 Å². The van der Waals surface area contributed by atoms with E-state index in [0.29, 0.717) is 6.04 Å². The van der Waals surface area contributed by atoms with Crippen LogP contribution in [0.15, 0.2) is 0 Å². The van der Waals surface area contributed by atoms with Gasteiger partial charge in [0.2, 0.25) is 0 Å². The molecule has 0 aromatic carbocycles. The zero-order valence-corrected chi connectivity index (χ0v) is 9.08. The van der Waals surface area contributed by atoms with E-state index in [2.05, 4.69) is 17.9 Å². The number of rotatable bonds is 4. The van der Waals surface area contributed by atoms with Gasteiger partial charge in [0.05, 0.1) is 12.1 Å². The van der Waals surface area contributed by atoms with Crippen LogP contribution in [0.25, 0.3) is 0 Å². The topological polar surface area (TPSA) is 53.0 Å². The van der Waals surface area contributed by atoms with Crippen molar-refractivity contribution in [3.63, 3.8) is 0 Å². The Bertz CT molecular complexity index is 195. The van der Waals surface area contributed by atoms with Gasteiger partial charge >= 0.3 is 0 Å². The smallest absolute Gasteiger partial charge is 0.0977 e. The van der Waals surface area contributed by atoms with E-state index in [4.69, 9.17) is 11.0 Å². The van der Waals surface area contributed by atoms with Crippen LogP contribution in [0.2, 0.25) is 0 Å². The normalized spacial score (nSPS) is 25.6. The molecule has 1 saturated heterocycles. The fraction of sp³-hybridized carbons (Fsp3) is 0.909. The molecule has 1 heterocycles. The van der Waals surface area contributed by atoms with Crippen molar-refractivity contribution in [2.24, 2.45) is 5.73 Å². The van der Waals surface area contributed by atoms with Crippen LogP contribution in [-0.2, 0) is 0 Å². The van der Waals surface area contributed by atoms with Gasteiger partial charge in [-0.2, -0.15) is 5.26 Å². The Morgan fingerprint density at radius 1 is 1.57 bits per heavy atom. The molecule has 1 aliphatic rings. The third-order valence-corrected chi connectivity index (χ3v) is 3.11. The van der Waals surface area contributed by atoms with E-state index in [0.717, 1.165) is 25.9 Å². The van der Waals surface area contributed by atoms with Crippen molar-refractivity contribution in [2.75, 3.05) is 13.1 Å². The Hall–Kier alpha value is -0.590. The first kappa shape index (κ1) is 11.5. The lowest BCUT2D eigenvalue weighted by atomic mass is 9.97. The van der Waals surface area contributed by atoms with Gasteiger partial charge in [-0.05, 0) is 38.8 Å². The van der Waals surface area contributed by atoms with E-state index in [9.17, 15) is 0 Å². The van der Waals surface area contributed by atoms with E-state index in [-0.39, 0.29) is 6.04 Å². The summed E-state index contributed by atoms with van der Waals surface area (Å²) < 4.78 is 0. The van der Waals surface area contributed by atoms with Crippen LogP contribution in [-0.4, -0.2) is 30.1 Å². The maximum absolute atomic E-state index is 9.04. The predicted molar refractivity (Wildman–Crippen MR) is 57.7 cm³/mol. The van der Waals surface area contributed by atoms with Crippen LogP contribution in [0, 0.1) is 11.3 Å². The molecule has 2 N–H and O–H groups in total. The fourth-order valence-corrected chi connectivity index (χ4v) is 2.34. The lowest BCUT2D eigenvalue weighted by Gasteiger charge is -2.38. The van der Waals surface area contributed by atoms with Crippen LogP contribution < -0.4 is 5.73 Å². The molecule has 2 atom stereocenters. The Balaban J connectivity index is 2.57. The average molecular weight is 195 g/mol. The van der Waals surface area contributed by atoms with Crippen molar-refractivity contribution < 1.29 is 0 Å². The van der Waals surface area contributed by atoms with Gasteiger partial charge in [-0.15, -0.1) is 0 Å². The summed E-state index contributed by atoms with van der Waals surface area (Å²) in [7, 11) is 0. The quantitative estimate of drug-likeness (QED) is 0.739. The third kappa shape index (κ3) is 2.70. The molecule has 0 radical (unpaired) electrons. The summed E-state index contributed by atoms with van der Waals surface area (Å²) in [6.07, 6.45) is 5.72. The zero-order valence-electron chi connectivity index (χ0n) is 9.08. The summed E-state index contributed by atoms with van der Waals surface area (Å²) in [6.45, 7) is 3.90. The zero-order chi connectivity index (χ0) is 10.4. The molecule has 0 spiro atoms. The molecule has 1 aliphatic heterocycles. The van der Waals surface area contributed by atoms with E-state index in [1.807, 2.05) is 0 Å². The monoisotopic (exact) mass is 195 g/mol. The summed E-state index contributed by atoms with van der Waals surface area (Å²) in [4.78, 5) is 2.36. The van der Waals surface area contributed by atoms with Crippen molar-refractivity contribution in [1.29, 1.82) is 5.26 Å². The van der Waals surface area contributed by atoms with Crippen LogP contribution >= 0.6 is 0 Å². The maximum atomic E-state index is 9.04. The molecule has 2 unspecified atom stereocenters. The fourth-order valence-electron chi connectivity index (χ4n) is 2.34. The summed E-state index contributed by atoms with van der Waals surface area (Å²) in [5.74, 6) is 0. The summed E-state index contributed by atoms with van der Waals surface area (Å²) in [5, 5.41) is 9.04. The van der Waals surface area contributed by atoms with Gasteiger partial charge in [-0.1, -0.05) is 13.3 Å². The van der Waals surface area contributed by atoms with Crippen molar-refractivity contribution in [3.05, 3.63) is 0 Å². The van der Waals surface area contributed by atoms with Gasteiger partial charge in [0.1, 0.15) is 0 Å². The Morgan fingerprint density at radius 3 is 2.93 bits per heavy atom. The molecule has 0 amide bonds. The van der Waals surface area contributed by atoms with Gasteiger partial charge in [0.25, 0.3) is 0 Å². The molecule has 3 nitrogen and oxygen atoms in total. The molecule has 0 aromatic rings. The molecule has 0 saturated carbocycles. The van der Waals surface area contributed by atoms with Gasteiger partial charge < -0.3 is 5.73 Å². The number of hydrogen-bond acceptors (Lipinski definition) is 3. The standard InChI is InChI=1S/C11H21N3/c1-2-10(9-13)14-8-4-3-5-11(14)6-7-12/h10-11H,2-8,12H2,1H3. The first-order chi connectivity index (χ1) is 6.83. The van der Waals surface area contributed by atoms with Crippen molar-refractivity contribution in [2.45, 2.75) is 51.1 Å². The number of hydrogen-bond donors (Lipinski definition) is 1. The molecule has 14 heavy (non-hydrogen) atoms. The minimum absolute atomic E-state index is 0.104. The number of likely N-dealkylation sites (tertiary alicyclic amines) is 1. The summed E-state index contributed by atoms with van der Waals surface area (Å²) in [6, 6.07) is 3.05. The van der Waals surface area contributed by atoms with Crippen LogP contribution in [0.4, 0.5) is 0 Å². The first-order valence-electron chi connectivity index (χ1n) is 5.69. The lowest BCUT2D eigenvalue weighted by molar-refractivity contribution is 0.113. The number of piperidine rings is 1. The van der Waals surface area contributed by atoms with Gasteiger partial charge in [-0.3, -0.25) is 4.90 Å². The highest BCUT2D eigenvalue weighted by Crippen LogP contribution is 2.22. The minimum atomic E-state index is 0.104. The first-order valence-corrected chi connectivity index (χ1v) is 5.69. The van der Waals surface area contributed by atoms with Crippen LogP contribution in [0.1, 0.15) is 39.0 Å². The van der Waals surface area contributed by atoms with Crippen LogP contribution in [0.5, 0.6) is 0 Å². The highest BCUT2D eigenvalue weighted by Gasteiger charge is 2.26. The predicted octanol–water partition coefficient (Wildman–Crippen LogP) is 1.49. The molecular formula is C11H21N3. The second-order valence-electron chi connectivity index (χ2n) is 4.02. The Morgan fingerprint density at radius 2 is 2.36 bits per heavy atom. The molecule has 0 aromatic heterocycles. The van der Waals surface area contributed by atoms with Crippen molar-refractivity contribution in [3.8, 4) is 6.07 Å². The SMILES string of the molecule is CCC(C#N)N1CCCCC1CCN. The number of nitriles is 1. The van der Waals surface area contributed by atoms with Crippen LogP contribution in [0.3, 0.4) is 0 Å². The minimum Gasteiger partial charge on any atom is -0.330 e. The highest BCUT2D eigenvalue weighted by molar-refractivity contribution is 4.94. The van der Waals surface area contributed by atoms with Gasteiger partial charge in [-0.25, -0.2) is 0 Å². The van der Waals surface area contributed by atoms with E-state index >= 15 is 0 Å². The molecule has 1 fully saturated rings. The van der Waals surface area contributed by atoms with Crippen molar-refractivity contribution >= 4 is 0 Å².